The first-order valence-electron chi connectivity index (χ1n) is 17.1. The van der Waals surface area contributed by atoms with Gasteiger partial charge in [0.2, 0.25) is 25.1 Å². The van der Waals surface area contributed by atoms with Crippen molar-refractivity contribution in [2.45, 2.75) is 54.6 Å². The first-order chi connectivity index (χ1) is 25.4. The fraction of sp³-hybridized carbons (Fsp3) is 0.579. The molecule has 0 N–H and O–H groups in total. The van der Waals surface area contributed by atoms with E-state index in [1.54, 1.807) is 75.6 Å². The molecule has 2 aromatic carbocycles. The lowest BCUT2D eigenvalue weighted by Gasteiger charge is -2.27. The van der Waals surface area contributed by atoms with E-state index in [9.17, 15) is 19.2 Å². The van der Waals surface area contributed by atoms with Gasteiger partial charge in [0.25, 0.3) is 0 Å². The average molecular weight is 765 g/mol. The molecule has 16 nitrogen and oxygen atoms in total. The highest BCUT2D eigenvalue weighted by molar-refractivity contribution is 5.76. The van der Waals surface area contributed by atoms with Gasteiger partial charge in [-0.3, -0.25) is 29.0 Å². The Kier molecular flexibility index (Phi) is 17.6. The summed E-state index contributed by atoms with van der Waals surface area (Å²) in [5.74, 6) is 0.131. The molecule has 2 aromatic rings. The number of nitrogens with zero attached hydrogens (tertiary/aromatic N) is 2. The number of carbonyl (C=O) groups is 4. The van der Waals surface area contributed by atoms with Crippen LogP contribution in [0.1, 0.15) is 52.7 Å². The Labute approximate surface area is 317 Å². The van der Waals surface area contributed by atoms with E-state index in [0.717, 1.165) is 0 Å². The number of hydrogen-bond donors (Lipinski definition) is 0. The van der Waals surface area contributed by atoms with Crippen LogP contribution in [-0.2, 0) is 51.2 Å². The van der Waals surface area contributed by atoms with Crippen molar-refractivity contribution in [1.82, 2.24) is 9.80 Å². The van der Waals surface area contributed by atoms with Crippen molar-refractivity contribution < 1.29 is 66.5 Å². The number of methoxy groups -OCH3 is 6. The number of benzene rings is 2. The highest BCUT2D eigenvalue weighted by atomic mass is 16.7. The van der Waals surface area contributed by atoms with Gasteiger partial charge < -0.3 is 47.4 Å². The lowest BCUT2D eigenvalue weighted by molar-refractivity contribution is -0.175. The maximum absolute atomic E-state index is 13.1. The van der Waals surface area contributed by atoms with Crippen molar-refractivity contribution >= 4 is 23.9 Å². The van der Waals surface area contributed by atoms with Crippen molar-refractivity contribution in [3.8, 4) is 34.5 Å². The van der Waals surface area contributed by atoms with Gasteiger partial charge in [-0.1, -0.05) is 0 Å². The van der Waals surface area contributed by atoms with Crippen LogP contribution in [0.15, 0.2) is 24.3 Å². The molecule has 0 radical (unpaired) electrons. The first kappa shape index (κ1) is 45.2. The second-order valence-electron chi connectivity index (χ2n) is 14.1. The minimum absolute atomic E-state index is 0.207. The summed E-state index contributed by atoms with van der Waals surface area (Å²) in [7, 11) is 8.99. The molecular weight excluding hydrogens is 708 g/mol. The second kappa shape index (κ2) is 21.1. The standard InChI is InChI=1S/C38H56N2O14/c1-37(2,3)35(43)53-23-51-31(41)21-39(19-25-15-27(45-7)33(49-11)28(16-25)46-8)13-14-40(22-32(42)52-24-54-36(44)38(4,5)6)20-26-17-29(47-9)34(50-12)30(18-26)48-10/h15-18H,13-14,19-24H2,1-12H3. The lowest BCUT2D eigenvalue weighted by Crippen LogP contribution is -2.40. The molecule has 0 heterocycles. The third kappa shape index (κ3) is 14.1. The van der Waals surface area contributed by atoms with Gasteiger partial charge >= 0.3 is 23.9 Å². The van der Waals surface area contributed by atoms with Crippen LogP contribution in [0.5, 0.6) is 34.5 Å². The van der Waals surface area contributed by atoms with Gasteiger partial charge in [-0.2, -0.15) is 0 Å². The Morgan fingerprint density at radius 1 is 0.481 bits per heavy atom. The van der Waals surface area contributed by atoms with E-state index >= 15 is 0 Å². The maximum atomic E-state index is 13.1. The van der Waals surface area contributed by atoms with Crippen molar-refractivity contribution in [2.24, 2.45) is 10.8 Å². The molecule has 0 unspecified atom stereocenters. The molecule has 0 aliphatic heterocycles. The molecule has 0 aliphatic carbocycles. The van der Waals surface area contributed by atoms with Gasteiger partial charge in [0.1, 0.15) is 0 Å². The number of carbonyl (C=O) groups excluding carboxylic acids is 4. The van der Waals surface area contributed by atoms with Crippen molar-refractivity contribution in [3.63, 3.8) is 0 Å². The fourth-order valence-electron chi connectivity index (χ4n) is 4.87. The second-order valence-corrected chi connectivity index (χ2v) is 14.1. The SMILES string of the molecule is COc1cc(CN(CCN(CC(=O)OCOC(=O)C(C)(C)C)Cc2cc(OC)c(OC)c(OC)c2)CC(=O)OCOC(=O)C(C)(C)C)cc(OC)c1OC. The average Bonchev–Trinajstić information content (AvgIpc) is 3.11. The van der Waals surface area contributed by atoms with Gasteiger partial charge in [-0.05, 0) is 76.9 Å². The normalized spacial score (nSPS) is 11.4. The number of esters is 4. The fourth-order valence-corrected chi connectivity index (χ4v) is 4.87. The third-order valence-corrected chi connectivity index (χ3v) is 7.74. The quantitative estimate of drug-likeness (QED) is 0.131. The Morgan fingerprint density at radius 3 is 1.02 bits per heavy atom. The van der Waals surface area contributed by atoms with Crippen LogP contribution in [0.2, 0.25) is 0 Å². The van der Waals surface area contributed by atoms with Gasteiger partial charge in [0.15, 0.2) is 23.0 Å². The molecular formula is C38H56N2O14. The lowest BCUT2D eigenvalue weighted by atomic mass is 9.97. The van der Waals surface area contributed by atoms with E-state index < -0.39 is 48.3 Å². The smallest absolute Gasteiger partial charge is 0.323 e. The molecule has 0 saturated heterocycles. The molecule has 0 saturated carbocycles. The van der Waals surface area contributed by atoms with Crippen molar-refractivity contribution in [1.29, 1.82) is 0 Å². The van der Waals surface area contributed by atoms with Crippen LogP contribution in [-0.4, -0.2) is 116 Å². The van der Waals surface area contributed by atoms with E-state index in [1.807, 2.05) is 0 Å². The van der Waals surface area contributed by atoms with Gasteiger partial charge in [0.05, 0.1) is 66.6 Å². The topological polar surface area (TPSA) is 167 Å². The minimum atomic E-state index is -0.776. The molecule has 302 valence electrons. The van der Waals surface area contributed by atoms with Crippen molar-refractivity contribution in [2.75, 3.05) is 82.4 Å². The first-order valence-corrected chi connectivity index (χ1v) is 17.1. The Hall–Kier alpha value is -4.96. The zero-order chi connectivity index (χ0) is 40.6. The molecule has 0 aromatic heterocycles. The predicted molar refractivity (Wildman–Crippen MR) is 196 cm³/mol. The molecule has 0 fully saturated rings. The van der Waals surface area contributed by atoms with Crippen molar-refractivity contribution in [3.05, 3.63) is 35.4 Å². The summed E-state index contributed by atoms with van der Waals surface area (Å²) in [5, 5.41) is 0. The van der Waals surface area contributed by atoms with Gasteiger partial charge in [-0.15, -0.1) is 0 Å². The van der Waals surface area contributed by atoms with E-state index in [-0.39, 0.29) is 39.3 Å². The Balaban J connectivity index is 2.41. The van der Waals surface area contributed by atoms with E-state index in [0.29, 0.717) is 45.6 Å². The summed E-state index contributed by atoms with van der Waals surface area (Å²) < 4.78 is 53.8. The largest absolute Gasteiger partial charge is 0.493 e. The minimum Gasteiger partial charge on any atom is -0.493 e. The van der Waals surface area contributed by atoms with Crippen LogP contribution in [0.25, 0.3) is 0 Å². The van der Waals surface area contributed by atoms with Crippen LogP contribution >= 0.6 is 0 Å². The summed E-state index contributed by atoms with van der Waals surface area (Å²) in [6.45, 7) is 9.47. The van der Waals surface area contributed by atoms with E-state index in [1.165, 1.54) is 42.7 Å². The van der Waals surface area contributed by atoms with E-state index in [2.05, 4.69) is 0 Å². The zero-order valence-corrected chi connectivity index (χ0v) is 33.6. The third-order valence-electron chi connectivity index (χ3n) is 7.74. The monoisotopic (exact) mass is 764 g/mol. The van der Waals surface area contributed by atoms with Crippen LogP contribution in [0.4, 0.5) is 0 Å². The molecule has 0 aliphatic rings. The summed E-state index contributed by atoms with van der Waals surface area (Å²) in [6.07, 6.45) is 0. The highest BCUT2D eigenvalue weighted by Gasteiger charge is 2.26. The van der Waals surface area contributed by atoms with Crippen LogP contribution in [0, 0.1) is 10.8 Å². The summed E-state index contributed by atoms with van der Waals surface area (Å²) in [4.78, 5) is 54.2. The summed E-state index contributed by atoms with van der Waals surface area (Å²) >= 11 is 0. The Morgan fingerprint density at radius 2 is 0.778 bits per heavy atom. The zero-order valence-electron chi connectivity index (χ0n) is 33.6. The Bertz CT molecular complexity index is 1400. The molecule has 0 atom stereocenters. The number of ether oxygens (including phenoxy) is 10. The molecule has 54 heavy (non-hydrogen) atoms. The maximum Gasteiger partial charge on any atom is 0.323 e. The summed E-state index contributed by atoms with van der Waals surface area (Å²) in [5.41, 5.74) is -0.121. The molecule has 0 bridgehead atoms. The van der Waals surface area contributed by atoms with E-state index in [4.69, 9.17) is 47.4 Å². The van der Waals surface area contributed by atoms with Gasteiger partial charge in [-0.25, -0.2) is 0 Å². The molecule has 16 heteroatoms. The number of hydrogen-bond acceptors (Lipinski definition) is 16. The van der Waals surface area contributed by atoms with Gasteiger partial charge in [0, 0.05) is 26.2 Å². The van der Waals surface area contributed by atoms with Crippen LogP contribution in [0.3, 0.4) is 0 Å². The van der Waals surface area contributed by atoms with Crippen LogP contribution < -0.4 is 28.4 Å². The molecule has 2 rings (SSSR count). The number of rotatable bonds is 21. The summed E-state index contributed by atoms with van der Waals surface area (Å²) in [6, 6.07) is 7.03. The molecule has 0 amide bonds. The predicted octanol–water partition coefficient (Wildman–Crippen LogP) is 4.22. The molecule has 0 spiro atoms. The highest BCUT2D eigenvalue weighted by Crippen LogP contribution is 2.39.